The fraction of sp³-hybridized carbons (Fsp3) is 0.696. The molecule has 2 heterocycles. The zero-order valence-electron chi connectivity index (χ0n) is 17.3. The number of carbonyl (C=O) groups excluding carboxylic acids is 1. The van der Waals surface area contributed by atoms with Crippen molar-refractivity contribution < 1.29 is 14.3 Å². The molecule has 3 aliphatic rings. The topological polar surface area (TPSA) is 50.8 Å². The van der Waals surface area contributed by atoms with Gasteiger partial charge in [-0.3, -0.25) is 4.79 Å². The van der Waals surface area contributed by atoms with Gasteiger partial charge in [-0.1, -0.05) is 25.3 Å². The third-order valence-electron chi connectivity index (χ3n) is 6.79. The Labute approximate surface area is 168 Å². The number of carbonyl (C=O) groups is 1. The van der Waals surface area contributed by atoms with Crippen LogP contribution in [0.5, 0.6) is 11.5 Å². The Hall–Kier alpha value is -1.75. The third-order valence-corrected chi connectivity index (χ3v) is 6.79. The summed E-state index contributed by atoms with van der Waals surface area (Å²) in [5, 5.41) is 3.32. The smallest absolute Gasteiger partial charge is 0.230 e. The molecule has 1 saturated heterocycles. The number of hydrogen-bond acceptors (Lipinski definition) is 4. The summed E-state index contributed by atoms with van der Waals surface area (Å²) >= 11 is 0. The lowest BCUT2D eigenvalue weighted by Gasteiger charge is -2.40. The molecule has 28 heavy (non-hydrogen) atoms. The van der Waals surface area contributed by atoms with Crippen LogP contribution >= 0.6 is 0 Å². The first-order chi connectivity index (χ1) is 13.5. The minimum Gasteiger partial charge on any atom is -0.486 e. The molecule has 5 nitrogen and oxygen atoms in total. The lowest BCUT2D eigenvalue weighted by molar-refractivity contribution is -0.126. The Morgan fingerprint density at radius 3 is 2.39 bits per heavy atom. The monoisotopic (exact) mass is 386 g/mol. The number of likely N-dealkylation sites (tertiary alicyclic amines) is 1. The highest BCUT2D eigenvalue weighted by atomic mass is 16.6. The minimum atomic E-state index is -0.601. The summed E-state index contributed by atoms with van der Waals surface area (Å²) in [6, 6.07) is 6.92. The number of nitrogens with zero attached hydrogens (tertiary/aromatic N) is 1. The largest absolute Gasteiger partial charge is 0.486 e. The molecule has 0 atom stereocenters. The molecule has 0 spiro atoms. The minimum absolute atomic E-state index is 0.0975. The molecule has 2 aliphatic heterocycles. The van der Waals surface area contributed by atoms with Gasteiger partial charge in [0.1, 0.15) is 13.2 Å². The molecule has 0 bridgehead atoms. The maximum Gasteiger partial charge on any atom is 0.230 e. The molecule has 1 saturated carbocycles. The van der Waals surface area contributed by atoms with Crippen molar-refractivity contribution in [3.05, 3.63) is 23.8 Å². The first-order valence-corrected chi connectivity index (χ1v) is 11.0. The molecule has 5 heteroatoms. The predicted octanol–water partition coefficient (Wildman–Crippen LogP) is 3.65. The Balaban J connectivity index is 1.34. The molecule has 1 aliphatic carbocycles. The van der Waals surface area contributed by atoms with Crippen molar-refractivity contribution in [2.75, 3.05) is 26.3 Å². The molecule has 4 rings (SSSR count). The van der Waals surface area contributed by atoms with Crippen molar-refractivity contribution in [2.45, 2.75) is 76.3 Å². The summed E-state index contributed by atoms with van der Waals surface area (Å²) in [6.45, 7) is 7.34. The summed E-state index contributed by atoms with van der Waals surface area (Å²) in [4.78, 5) is 15.7. The van der Waals surface area contributed by atoms with Gasteiger partial charge >= 0.3 is 0 Å². The standard InChI is InChI=1S/C23H34N2O3/c1-23(2,17-8-9-20-21(16-17)28-15-14-27-20)22(26)24-18-10-12-25(13-11-18)19-6-4-3-5-7-19/h8-9,16,18-19H,3-7,10-15H2,1-2H3,(H,24,26). The van der Waals surface area contributed by atoms with Crippen molar-refractivity contribution in [3.63, 3.8) is 0 Å². The van der Waals surface area contributed by atoms with Crippen LogP contribution in [0.1, 0.15) is 64.4 Å². The van der Waals surface area contributed by atoms with Crippen molar-refractivity contribution in [1.29, 1.82) is 0 Å². The van der Waals surface area contributed by atoms with Gasteiger partial charge < -0.3 is 19.7 Å². The van der Waals surface area contributed by atoms with Crippen molar-refractivity contribution in [3.8, 4) is 11.5 Å². The fourth-order valence-corrected chi connectivity index (χ4v) is 4.78. The first kappa shape index (κ1) is 19.6. The molecule has 1 amide bonds. The van der Waals surface area contributed by atoms with Gasteiger partial charge in [0.25, 0.3) is 0 Å². The van der Waals surface area contributed by atoms with Gasteiger partial charge in [-0.05, 0) is 57.2 Å². The van der Waals surface area contributed by atoms with Gasteiger partial charge in [0, 0.05) is 25.2 Å². The Morgan fingerprint density at radius 1 is 1.00 bits per heavy atom. The van der Waals surface area contributed by atoms with E-state index in [1.165, 1.54) is 32.1 Å². The van der Waals surface area contributed by atoms with Crippen LogP contribution in [0.25, 0.3) is 0 Å². The average molecular weight is 387 g/mol. The molecule has 1 N–H and O–H groups in total. The van der Waals surface area contributed by atoms with E-state index in [2.05, 4.69) is 10.2 Å². The van der Waals surface area contributed by atoms with Crippen LogP contribution in [0.15, 0.2) is 18.2 Å². The molecule has 0 unspecified atom stereocenters. The van der Waals surface area contributed by atoms with E-state index in [4.69, 9.17) is 9.47 Å². The van der Waals surface area contributed by atoms with Gasteiger partial charge in [0.15, 0.2) is 11.5 Å². The molecule has 154 valence electrons. The van der Waals surface area contributed by atoms with Crippen LogP contribution in [0, 0.1) is 0 Å². The lowest BCUT2D eigenvalue weighted by Crippen LogP contribution is -2.51. The lowest BCUT2D eigenvalue weighted by atomic mass is 9.83. The van der Waals surface area contributed by atoms with Crippen molar-refractivity contribution in [1.82, 2.24) is 10.2 Å². The van der Waals surface area contributed by atoms with Gasteiger partial charge in [-0.25, -0.2) is 0 Å². The van der Waals surface area contributed by atoms with Gasteiger partial charge in [0.05, 0.1) is 5.41 Å². The maximum absolute atomic E-state index is 13.1. The summed E-state index contributed by atoms with van der Waals surface area (Å²) in [5.41, 5.74) is 0.366. The van der Waals surface area contributed by atoms with E-state index in [1.54, 1.807) is 0 Å². The summed E-state index contributed by atoms with van der Waals surface area (Å²) in [7, 11) is 0. The van der Waals surface area contributed by atoms with Crippen LogP contribution in [0.4, 0.5) is 0 Å². The second-order valence-corrected chi connectivity index (χ2v) is 9.06. The molecule has 0 radical (unpaired) electrons. The quantitative estimate of drug-likeness (QED) is 0.858. The second kappa shape index (κ2) is 8.32. The van der Waals surface area contributed by atoms with E-state index < -0.39 is 5.41 Å². The Morgan fingerprint density at radius 2 is 1.68 bits per heavy atom. The van der Waals surface area contributed by atoms with Crippen LogP contribution in [0.2, 0.25) is 0 Å². The number of benzene rings is 1. The van der Waals surface area contributed by atoms with E-state index in [-0.39, 0.29) is 11.9 Å². The highest BCUT2D eigenvalue weighted by Gasteiger charge is 2.34. The Bertz CT molecular complexity index is 689. The normalized spacial score (nSPS) is 22.1. The zero-order chi connectivity index (χ0) is 19.6. The van der Waals surface area contributed by atoms with E-state index in [0.29, 0.717) is 13.2 Å². The highest BCUT2D eigenvalue weighted by Crippen LogP contribution is 2.35. The van der Waals surface area contributed by atoms with Crippen molar-refractivity contribution >= 4 is 5.91 Å². The van der Waals surface area contributed by atoms with Crippen LogP contribution in [-0.2, 0) is 10.2 Å². The van der Waals surface area contributed by atoms with Crippen LogP contribution in [-0.4, -0.2) is 49.2 Å². The average Bonchev–Trinajstić information content (AvgIpc) is 2.74. The number of nitrogens with one attached hydrogen (secondary N) is 1. The first-order valence-electron chi connectivity index (χ1n) is 11.0. The zero-order valence-corrected chi connectivity index (χ0v) is 17.3. The Kier molecular flexibility index (Phi) is 5.81. The van der Waals surface area contributed by atoms with Gasteiger partial charge in [-0.15, -0.1) is 0 Å². The van der Waals surface area contributed by atoms with Crippen molar-refractivity contribution in [2.24, 2.45) is 0 Å². The number of hydrogen-bond donors (Lipinski definition) is 1. The third kappa shape index (κ3) is 4.14. The maximum atomic E-state index is 13.1. The van der Waals surface area contributed by atoms with E-state index in [1.807, 2.05) is 32.0 Å². The number of fused-ring (bicyclic) bond motifs is 1. The van der Waals surface area contributed by atoms with Crippen LogP contribution < -0.4 is 14.8 Å². The summed E-state index contributed by atoms with van der Waals surface area (Å²) < 4.78 is 11.3. The SMILES string of the molecule is CC(C)(C(=O)NC1CCN(C2CCCCC2)CC1)c1ccc2c(c1)OCCO2. The number of rotatable bonds is 4. The molecule has 0 aromatic heterocycles. The van der Waals surface area contributed by atoms with E-state index in [0.717, 1.165) is 49.0 Å². The predicted molar refractivity (Wildman–Crippen MR) is 110 cm³/mol. The van der Waals surface area contributed by atoms with Crippen LogP contribution in [0.3, 0.4) is 0 Å². The molecule has 2 fully saturated rings. The highest BCUT2D eigenvalue weighted by molar-refractivity contribution is 5.87. The summed E-state index contributed by atoms with van der Waals surface area (Å²) in [6.07, 6.45) is 8.98. The van der Waals surface area contributed by atoms with Gasteiger partial charge in [-0.2, -0.15) is 0 Å². The molecular formula is C23H34N2O3. The molecule has 1 aromatic carbocycles. The number of ether oxygens (including phenoxy) is 2. The van der Waals surface area contributed by atoms with E-state index >= 15 is 0 Å². The number of piperidine rings is 1. The summed E-state index contributed by atoms with van der Waals surface area (Å²) in [5.74, 6) is 1.60. The molecular weight excluding hydrogens is 352 g/mol. The second-order valence-electron chi connectivity index (χ2n) is 9.06. The van der Waals surface area contributed by atoms with E-state index in [9.17, 15) is 4.79 Å². The number of amides is 1. The molecule has 1 aromatic rings. The van der Waals surface area contributed by atoms with Gasteiger partial charge in [0.2, 0.25) is 5.91 Å². The fourth-order valence-electron chi connectivity index (χ4n) is 4.78.